The van der Waals surface area contributed by atoms with Gasteiger partial charge >= 0.3 is 5.97 Å². The third-order valence-electron chi connectivity index (χ3n) is 4.50. The average molecular weight is 259 g/mol. The summed E-state index contributed by atoms with van der Waals surface area (Å²) < 4.78 is 0. The fraction of sp³-hybridized carbons (Fsp3) is 0.562. The van der Waals surface area contributed by atoms with E-state index in [1.54, 1.807) is 12.1 Å². The Balaban J connectivity index is 1.61. The Labute approximate surface area is 114 Å². The molecule has 0 bridgehead atoms. The number of hydrogen-bond acceptors (Lipinski definition) is 2. The molecule has 3 heteroatoms. The molecule has 0 aromatic heterocycles. The monoisotopic (exact) mass is 259 g/mol. The van der Waals surface area contributed by atoms with Crippen LogP contribution in [0.5, 0.6) is 0 Å². The van der Waals surface area contributed by atoms with Crippen LogP contribution in [0.4, 0.5) is 0 Å². The molecule has 2 saturated carbocycles. The quantitative estimate of drug-likeness (QED) is 0.825. The van der Waals surface area contributed by atoms with Crippen LogP contribution in [0.2, 0.25) is 0 Å². The molecule has 3 rings (SSSR count). The molecule has 0 heterocycles. The molecular weight excluding hydrogens is 238 g/mol. The minimum Gasteiger partial charge on any atom is -0.478 e. The number of carboxylic acids is 1. The van der Waals surface area contributed by atoms with Gasteiger partial charge in [0, 0.05) is 12.6 Å². The first kappa shape index (κ1) is 12.7. The van der Waals surface area contributed by atoms with Crippen molar-refractivity contribution >= 4 is 5.97 Å². The van der Waals surface area contributed by atoms with Gasteiger partial charge in [0.15, 0.2) is 0 Å². The van der Waals surface area contributed by atoms with Gasteiger partial charge in [-0.05, 0) is 55.2 Å². The summed E-state index contributed by atoms with van der Waals surface area (Å²) in [6.07, 6.45) is 6.84. The van der Waals surface area contributed by atoms with E-state index < -0.39 is 5.97 Å². The van der Waals surface area contributed by atoms with Gasteiger partial charge in [-0.3, -0.25) is 0 Å². The van der Waals surface area contributed by atoms with Crippen molar-refractivity contribution in [3.05, 3.63) is 35.4 Å². The van der Waals surface area contributed by atoms with Crippen LogP contribution in [0, 0.1) is 11.8 Å². The Morgan fingerprint density at radius 3 is 2.58 bits per heavy atom. The van der Waals surface area contributed by atoms with E-state index in [-0.39, 0.29) is 0 Å². The summed E-state index contributed by atoms with van der Waals surface area (Å²) in [7, 11) is 0. The number of rotatable bonds is 6. The second-order valence-electron chi connectivity index (χ2n) is 5.94. The molecule has 0 aliphatic heterocycles. The van der Waals surface area contributed by atoms with Crippen LogP contribution in [-0.2, 0) is 6.54 Å². The molecule has 2 aliphatic carbocycles. The van der Waals surface area contributed by atoms with Gasteiger partial charge in [-0.2, -0.15) is 0 Å². The number of carbonyl (C=O) groups is 1. The second-order valence-corrected chi connectivity index (χ2v) is 5.94. The fourth-order valence-corrected chi connectivity index (χ4v) is 3.02. The van der Waals surface area contributed by atoms with Crippen LogP contribution < -0.4 is 5.32 Å². The van der Waals surface area contributed by atoms with Gasteiger partial charge in [-0.25, -0.2) is 4.79 Å². The van der Waals surface area contributed by atoms with Gasteiger partial charge in [0.1, 0.15) is 0 Å². The van der Waals surface area contributed by atoms with Crippen LogP contribution in [0.3, 0.4) is 0 Å². The van der Waals surface area contributed by atoms with Crippen molar-refractivity contribution in [3.8, 4) is 0 Å². The Bertz CT molecular complexity index is 464. The smallest absolute Gasteiger partial charge is 0.335 e. The summed E-state index contributed by atoms with van der Waals surface area (Å²) in [6.45, 7) is 0.790. The van der Waals surface area contributed by atoms with Gasteiger partial charge in [-0.15, -0.1) is 0 Å². The predicted molar refractivity (Wildman–Crippen MR) is 74.1 cm³/mol. The SMILES string of the molecule is O=C(O)c1cccc(CNC(C2CCC2)C2CC2)c1. The number of carboxylic acid groups (broad SMARTS) is 1. The highest BCUT2D eigenvalue weighted by Crippen LogP contribution is 2.42. The first-order valence-electron chi connectivity index (χ1n) is 7.29. The van der Waals surface area contributed by atoms with E-state index in [9.17, 15) is 4.79 Å². The molecule has 1 aromatic rings. The van der Waals surface area contributed by atoms with Crippen molar-refractivity contribution in [2.24, 2.45) is 11.8 Å². The summed E-state index contributed by atoms with van der Waals surface area (Å²) >= 11 is 0. The predicted octanol–water partition coefficient (Wildman–Crippen LogP) is 3.05. The van der Waals surface area contributed by atoms with Gasteiger partial charge in [-0.1, -0.05) is 18.6 Å². The number of hydrogen-bond donors (Lipinski definition) is 2. The molecule has 19 heavy (non-hydrogen) atoms. The van der Waals surface area contributed by atoms with Crippen LogP contribution in [0.25, 0.3) is 0 Å². The minimum atomic E-state index is -0.848. The van der Waals surface area contributed by atoms with Gasteiger partial charge in [0.05, 0.1) is 5.56 Å². The topological polar surface area (TPSA) is 49.3 Å². The van der Waals surface area contributed by atoms with E-state index in [0.29, 0.717) is 11.6 Å². The molecule has 1 aromatic carbocycles. The van der Waals surface area contributed by atoms with Gasteiger partial charge in [0.25, 0.3) is 0 Å². The number of benzene rings is 1. The first-order chi connectivity index (χ1) is 9.24. The van der Waals surface area contributed by atoms with Gasteiger partial charge in [0.2, 0.25) is 0 Å². The maximum absolute atomic E-state index is 11.0. The van der Waals surface area contributed by atoms with E-state index >= 15 is 0 Å². The lowest BCUT2D eigenvalue weighted by Crippen LogP contribution is -2.40. The molecule has 1 atom stereocenters. The molecule has 2 aliphatic rings. The van der Waals surface area contributed by atoms with E-state index in [4.69, 9.17) is 5.11 Å². The van der Waals surface area contributed by atoms with E-state index in [1.165, 1.54) is 32.1 Å². The summed E-state index contributed by atoms with van der Waals surface area (Å²) in [4.78, 5) is 11.0. The average Bonchev–Trinajstić information content (AvgIpc) is 3.16. The molecular formula is C16H21NO2. The minimum absolute atomic E-state index is 0.380. The van der Waals surface area contributed by atoms with Crippen molar-refractivity contribution in [1.82, 2.24) is 5.32 Å². The van der Waals surface area contributed by atoms with Crippen LogP contribution in [0.1, 0.15) is 48.0 Å². The van der Waals surface area contributed by atoms with Crippen molar-refractivity contribution in [2.75, 3.05) is 0 Å². The molecule has 0 saturated heterocycles. The van der Waals surface area contributed by atoms with Crippen LogP contribution in [-0.4, -0.2) is 17.1 Å². The largest absolute Gasteiger partial charge is 0.478 e. The number of nitrogens with one attached hydrogen (secondary N) is 1. The zero-order chi connectivity index (χ0) is 13.2. The fourth-order valence-electron chi connectivity index (χ4n) is 3.02. The summed E-state index contributed by atoms with van der Waals surface area (Å²) in [6, 6.07) is 7.92. The lowest BCUT2D eigenvalue weighted by atomic mass is 9.78. The third kappa shape index (κ3) is 2.98. The molecule has 1 unspecified atom stereocenters. The maximum atomic E-state index is 11.0. The van der Waals surface area contributed by atoms with Crippen LogP contribution in [0.15, 0.2) is 24.3 Å². The van der Waals surface area contributed by atoms with E-state index in [2.05, 4.69) is 5.32 Å². The molecule has 3 nitrogen and oxygen atoms in total. The highest BCUT2D eigenvalue weighted by molar-refractivity contribution is 5.87. The summed E-state index contributed by atoms with van der Waals surface area (Å²) in [5.41, 5.74) is 1.45. The zero-order valence-electron chi connectivity index (χ0n) is 11.1. The molecule has 2 N–H and O–H groups in total. The first-order valence-corrected chi connectivity index (χ1v) is 7.29. The molecule has 0 spiro atoms. The molecule has 0 radical (unpaired) electrons. The second kappa shape index (κ2) is 5.33. The number of aromatic carboxylic acids is 1. The Kier molecular flexibility index (Phi) is 3.56. The highest BCUT2D eigenvalue weighted by Gasteiger charge is 2.38. The van der Waals surface area contributed by atoms with Crippen molar-refractivity contribution < 1.29 is 9.90 Å². The molecule has 2 fully saturated rings. The summed E-state index contributed by atoms with van der Waals surface area (Å²) in [5, 5.41) is 12.7. The van der Waals surface area contributed by atoms with Crippen molar-refractivity contribution in [1.29, 1.82) is 0 Å². The van der Waals surface area contributed by atoms with E-state index in [1.807, 2.05) is 12.1 Å². The zero-order valence-corrected chi connectivity index (χ0v) is 11.1. The highest BCUT2D eigenvalue weighted by atomic mass is 16.4. The normalized spacial score (nSPS) is 20.8. The summed E-state index contributed by atoms with van der Waals surface area (Å²) in [5.74, 6) is 0.877. The lowest BCUT2D eigenvalue weighted by molar-refractivity contribution is 0.0696. The Morgan fingerprint density at radius 1 is 1.26 bits per heavy atom. The molecule has 102 valence electrons. The van der Waals surface area contributed by atoms with Crippen molar-refractivity contribution in [2.45, 2.75) is 44.7 Å². The maximum Gasteiger partial charge on any atom is 0.335 e. The lowest BCUT2D eigenvalue weighted by Gasteiger charge is -2.34. The standard InChI is InChI=1S/C16H21NO2/c18-16(19)14-6-1-3-11(9-14)10-17-15(13-7-8-13)12-4-2-5-12/h1,3,6,9,12-13,15,17H,2,4-5,7-8,10H2,(H,18,19). The molecule has 0 amide bonds. The Morgan fingerprint density at radius 2 is 2.00 bits per heavy atom. The van der Waals surface area contributed by atoms with Crippen molar-refractivity contribution in [3.63, 3.8) is 0 Å². The van der Waals surface area contributed by atoms with Gasteiger partial charge < -0.3 is 10.4 Å². The third-order valence-corrected chi connectivity index (χ3v) is 4.50. The Hall–Kier alpha value is -1.35. The van der Waals surface area contributed by atoms with Crippen LogP contribution >= 0.6 is 0 Å². The van der Waals surface area contributed by atoms with E-state index in [0.717, 1.165) is 23.9 Å².